The molecule has 1 saturated carbocycles. The van der Waals surface area contributed by atoms with Crippen molar-refractivity contribution in [2.45, 2.75) is 31.8 Å². The molecule has 2 unspecified atom stereocenters. The molecule has 0 spiro atoms. The first kappa shape index (κ1) is 16.1. The molecular weight excluding hydrogens is 321 g/mol. The van der Waals surface area contributed by atoms with Crippen molar-refractivity contribution >= 4 is 29.3 Å². The minimum atomic E-state index is -0.117. The van der Waals surface area contributed by atoms with Gasteiger partial charge in [0.1, 0.15) is 12.4 Å². The van der Waals surface area contributed by atoms with E-state index in [-0.39, 0.29) is 6.10 Å². The highest BCUT2D eigenvalue weighted by molar-refractivity contribution is 6.36. The lowest BCUT2D eigenvalue weighted by Gasteiger charge is -2.26. The van der Waals surface area contributed by atoms with Gasteiger partial charge in [0, 0.05) is 17.1 Å². The summed E-state index contributed by atoms with van der Waals surface area (Å²) in [7, 11) is 0. The third-order valence-corrected chi connectivity index (χ3v) is 4.84. The number of fused-ring (bicyclic) bond motifs is 1. The van der Waals surface area contributed by atoms with E-state index in [1.165, 1.54) is 12.0 Å². The number of aliphatic hydroxyl groups excluding tert-OH is 1. The first-order chi connectivity index (χ1) is 10.6. The molecule has 0 amide bonds. The Kier molecular flexibility index (Phi) is 5.29. The molecule has 3 nitrogen and oxygen atoms in total. The second-order valence-corrected chi connectivity index (χ2v) is 7.06. The molecule has 2 aliphatic rings. The van der Waals surface area contributed by atoms with Gasteiger partial charge in [-0.05, 0) is 55.5 Å². The molecule has 22 heavy (non-hydrogen) atoms. The monoisotopic (exact) mass is 341 g/mol. The van der Waals surface area contributed by atoms with Crippen LogP contribution in [0.15, 0.2) is 17.7 Å². The van der Waals surface area contributed by atoms with E-state index in [2.05, 4.69) is 11.4 Å². The molecule has 3 rings (SSSR count). The Labute approximate surface area is 141 Å². The molecule has 1 fully saturated rings. The van der Waals surface area contributed by atoms with Gasteiger partial charge in [-0.25, -0.2) is 0 Å². The molecule has 120 valence electrons. The van der Waals surface area contributed by atoms with Crippen LogP contribution in [0.3, 0.4) is 0 Å². The average Bonchev–Trinajstić information content (AvgIpc) is 2.46. The lowest BCUT2D eigenvalue weighted by Crippen LogP contribution is -2.31. The summed E-state index contributed by atoms with van der Waals surface area (Å²) in [4.78, 5) is 0. The van der Waals surface area contributed by atoms with Crippen LogP contribution in [-0.4, -0.2) is 30.9 Å². The second-order valence-electron chi connectivity index (χ2n) is 6.21. The summed E-state index contributed by atoms with van der Waals surface area (Å²) in [5, 5.41) is 14.4. The minimum absolute atomic E-state index is 0.117. The van der Waals surface area contributed by atoms with Crippen molar-refractivity contribution in [2.75, 3.05) is 19.7 Å². The number of hydrogen-bond donors (Lipinski definition) is 2. The van der Waals surface area contributed by atoms with Gasteiger partial charge in [0.05, 0.1) is 11.1 Å². The molecule has 1 heterocycles. The summed E-state index contributed by atoms with van der Waals surface area (Å²) in [6.45, 7) is 2.28. The van der Waals surface area contributed by atoms with Crippen LogP contribution in [-0.2, 0) is 0 Å². The van der Waals surface area contributed by atoms with E-state index < -0.39 is 0 Å². The van der Waals surface area contributed by atoms with Crippen molar-refractivity contribution in [1.82, 2.24) is 5.32 Å². The lowest BCUT2D eigenvalue weighted by atomic mass is 9.87. The Hall–Kier alpha value is -0.740. The highest BCUT2D eigenvalue weighted by Gasteiger charge is 2.20. The maximum absolute atomic E-state index is 9.70. The molecule has 5 heteroatoms. The van der Waals surface area contributed by atoms with Gasteiger partial charge in [-0.2, -0.15) is 0 Å². The summed E-state index contributed by atoms with van der Waals surface area (Å²) >= 11 is 12.2. The van der Waals surface area contributed by atoms with Gasteiger partial charge < -0.3 is 15.2 Å². The Morgan fingerprint density at radius 2 is 2.14 bits per heavy atom. The third kappa shape index (κ3) is 3.96. The van der Waals surface area contributed by atoms with E-state index in [1.54, 1.807) is 6.07 Å². The van der Waals surface area contributed by atoms with Crippen molar-refractivity contribution in [3.63, 3.8) is 0 Å². The highest BCUT2D eigenvalue weighted by Crippen LogP contribution is 2.36. The number of rotatable bonds is 4. The maximum atomic E-state index is 9.70. The van der Waals surface area contributed by atoms with Gasteiger partial charge in [-0.15, -0.1) is 0 Å². The number of ether oxygens (including phenoxy) is 1. The third-order valence-electron chi connectivity index (χ3n) is 4.34. The SMILES string of the molecule is OC1CCCC(CNCC2=Cc3cc(Cl)cc(Cl)c3OC2)C1. The Balaban J connectivity index is 1.56. The fraction of sp³-hybridized carbons (Fsp3) is 0.529. The van der Waals surface area contributed by atoms with Crippen LogP contribution in [0.5, 0.6) is 5.75 Å². The first-order valence-corrected chi connectivity index (χ1v) is 8.57. The summed E-state index contributed by atoms with van der Waals surface area (Å²) in [5.41, 5.74) is 2.12. The normalized spacial score (nSPS) is 24.4. The van der Waals surface area contributed by atoms with Crippen molar-refractivity contribution in [3.8, 4) is 5.75 Å². The predicted octanol–water partition coefficient (Wildman–Crippen LogP) is 3.91. The largest absolute Gasteiger partial charge is 0.487 e. The van der Waals surface area contributed by atoms with Gasteiger partial charge >= 0.3 is 0 Å². The molecular formula is C17H21Cl2NO2. The Morgan fingerprint density at radius 3 is 2.95 bits per heavy atom. The van der Waals surface area contributed by atoms with Gasteiger partial charge in [0.25, 0.3) is 0 Å². The summed E-state index contributed by atoms with van der Waals surface area (Å²) in [5.74, 6) is 1.29. The van der Waals surface area contributed by atoms with E-state index in [0.29, 0.717) is 28.3 Å². The van der Waals surface area contributed by atoms with Crippen LogP contribution >= 0.6 is 23.2 Å². The fourth-order valence-corrected chi connectivity index (χ4v) is 3.82. The summed E-state index contributed by atoms with van der Waals surface area (Å²) in [6, 6.07) is 3.58. The minimum Gasteiger partial charge on any atom is -0.487 e. The zero-order chi connectivity index (χ0) is 15.5. The predicted molar refractivity (Wildman–Crippen MR) is 90.8 cm³/mol. The number of halogens is 2. The van der Waals surface area contributed by atoms with Crippen LogP contribution in [0, 0.1) is 5.92 Å². The summed E-state index contributed by atoms with van der Waals surface area (Å²) < 4.78 is 5.74. The number of aliphatic hydroxyl groups is 1. The number of benzene rings is 1. The smallest absolute Gasteiger partial charge is 0.145 e. The van der Waals surface area contributed by atoms with Crippen LogP contribution in [0.2, 0.25) is 10.0 Å². The van der Waals surface area contributed by atoms with Gasteiger partial charge in [0.15, 0.2) is 0 Å². The van der Waals surface area contributed by atoms with Crippen LogP contribution < -0.4 is 10.1 Å². The standard InChI is InChI=1S/C17H21Cl2NO2/c18-14-6-13-4-12(10-22-17(13)16(19)7-14)9-20-8-11-2-1-3-15(21)5-11/h4,6-7,11,15,20-21H,1-3,5,8-10H2. The average molecular weight is 342 g/mol. The zero-order valence-electron chi connectivity index (χ0n) is 12.4. The molecule has 2 N–H and O–H groups in total. The maximum Gasteiger partial charge on any atom is 0.145 e. The lowest BCUT2D eigenvalue weighted by molar-refractivity contribution is 0.101. The van der Waals surface area contributed by atoms with Crippen molar-refractivity contribution in [3.05, 3.63) is 33.3 Å². The molecule has 1 aliphatic heterocycles. The van der Waals surface area contributed by atoms with Crippen molar-refractivity contribution in [1.29, 1.82) is 0 Å². The van der Waals surface area contributed by atoms with Gasteiger partial charge in [0.2, 0.25) is 0 Å². The number of nitrogens with one attached hydrogen (secondary N) is 1. The van der Waals surface area contributed by atoms with E-state index >= 15 is 0 Å². The Morgan fingerprint density at radius 1 is 1.27 bits per heavy atom. The van der Waals surface area contributed by atoms with E-state index in [9.17, 15) is 5.11 Å². The molecule has 2 atom stereocenters. The topological polar surface area (TPSA) is 41.5 Å². The zero-order valence-corrected chi connectivity index (χ0v) is 14.0. The van der Waals surface area contributed by atoms with Crippen LogP contribution in [0.1, 0.15) is 31.2 Å². The van der Waals surface area contributed by atoms with Gasteiger partial charge in [-0.1, -0.05) is 29.6 Å². The summed E-state index contributed by atoms with van der Waals surface area (Å²) in [6.07, 6.45) is 6.18. The first-order valence-electron chi connectivity index (χ1n) is 7.82. The van der Waals surface area contributed by atoms with E-state index in [0.717, 1.165) is 37.9 Å². The van der Waals surface area contributed by atoms with E-state index in [1.807, 2.05) is 6.07 Å². The van der Waals surface area contributed by atoms with Crippen LogP contribution in [0.4, 0.5) is 0 Å². The molecule has 0 saturated heterocycles. The molecule has 1 aromatic rings. The second kappa shape index (κ2) is 7.22. The van der Waals surface area contributed by atoms with E-state index in [4.69, 9.17) is 27.9 Å². The Bertz CT molecular complexity index is 574. The van der Waals surface area contributed by atoms with Gasteiger partial charge in [-0.3, -0.25) is 0 Å². The molecule has 1 aromatic carbocycles. The van der Waals surface area contributed by atoms with Crippen molar-refractivity contribution < 1.29 is 9.84 Å². The number of hydrogen-bond acceptors (Lipinski definition) is 3. The molecule has 0 aromatic heterocycles. The highest BCUT2D eigenvalue weighted by atomic mass is 35.5. The quantitative estimate of drug-likeness (QED) is 0.872. The molecule has 0 bridgehead atoms. The molecule has 0 radical (unpaired) electrons. The van der Waals surface area contributed by atoms with Crippen LogP contribution in [0.25, 0.3) is 6.08 Å². The van der Waals surface area contributed by atoms with Crippen molar-refractivity contribution in [2.24, 2.45) is 5.92 Å². The molecule has 1 aliphatic carbocycles. The fourth-order valence-electron chi connectivity index (χ4n) is 3.25.